The van der Waals surface area contributed by atoms with Gasteiger partial charge in [0.2, 0.25) is 18.0 Å². The Bertz CT molecular complexity index is 973. The first-order valence-electron chi connectivity index (χ1n) is 13.1. The molecule has 0 radical (unpaired) electrons. The number of nitrogens with one attached hydrogen (secondary N) is 1. The van der Waals surface area contributed by atoms with Gasteiger partial charge in [-0.1, -0.05) is 26.0 Å². The van der Waals surface area contributed by atoms with Crippen molar-refractivity contribution in [2.45, 2.75) is 89.7 Å². The second kappa shape index (κ2) is 10.0. The zero-order chi connectivity index (χ0) is 25.5. The molecule has 0 aromatic heterocycles. The number of benzene rings is 1. The van der Waals surface area contributed by atoms with Crippen LogP contribution in [0.2, 0.25) is 0 Å². The maximum atomic E-state index is 13.0. The molecule has 1 aromatic rings. The van der Waals surface area contributed by atoms with Gasteiger partial charge >= 0.3 is 5.97 Å². The lowest BCUT2D eigenvalue weighted by Crippen LogP contribution is -2.70. The van der Waals surface area contributed by atoms with E-state index in [1.807, 2.05) is 13.8 Å². The Hall–Kier alpha value is -2.07. The molecular weight excluding hydrogens is 469 g/mol. The number of hydrogen-bond acceptors (Lipinski definition) is 7. The number of rotatable bonds is 7. The molecule has 1 spiro atoms. The van der Waals surface area contributed by atoms with Crippen LogP contribution in [0.3, 0.4) is 0 Å². The van der Waals surface area contributed by atoms with Crippen LogP contribution in [0, 0.1) is 29.5 Å². The average Bonchev–Trinajstić information content (AvgIpc) is 3.08. The van der Waals surface area contributed by atoms with Gasteiger partial charge in [-0.3, -0.25) is 9.59 Å². The Morgan fingerprint density at radius 3 is 2.64 bits per heavy atom. The molecule has 4 saturated heterocycles. The largest absolute Gasteiger partial charge is 0.435 e. The topological polar surface area (TPSA) is 92.3 Å². The van der Waals surface area contributed by atoms with Gasteiger partial charge in [0.1, 0.15) is 5.82 Å². The first-order valence-corrected chi connectivity index (χ1v) is 13.1. The molecule has 0 unspecified atom stereocenters. The van der Waals surface area contributed by atoms with E-state index in [4.69, 9.17) is 24.0 Å². The summed E-state index contributed by atoms with van der Waals surface area (Å²) in [5, 5.41) is 2.79. The molecule has 5 fully saturated rings. The van der Waals surface area contributed by atoms with E-state index in [1.165, 1.54) is 12.1 Å². The lowest BCUT2D eigenvalue weighted by Gasteiger charge is -2.59. The van der Waals surface area contributed by atoms with Crippen molar-refractivity contribution in [3.8, 4) is 0 Å². The maximum Gasteiger partial charge on any atom is 0.308 e. The summed E-state index contributed by atoms with van der Waals surface area (Å²) in [6.45, 7) is 6.53. The molecule has 8 nitrogen and oxygen atoms in total. The van der Waals surface area contributed by atoms with E-state index in [2.05, 4.69) is 12.2 Å². The third kappa shape index (κ3) is 4.78. The maximum absolute atomic E-state index is 13.0. The van der Waals surface area contributed by atoms with Crippen molar-refractivity contribution in [3.05, 3.63) is 35.6 Å². The Labute approximate surface area is 211 Å². The van der Waals surface area contributed by atoms with Gasteiger partial charge in [0, 0.05) is 31.2 Å². The SMILES string of the molecule is C[C@H]1[C@H](OC(=O)CCC(=O)NCCc2ccc(F)cc2)O[C@@H]2O[C@@]3(C)CC[C@H]4[C@H](C)CC[C@@H]1[C@@]24OO3. The number of ether oxygens (including phenoxy) is 3. The van der Waals surface area contributed by atoms with Crippen molar-refractivity contribution < 1.29 is 38.0 Å². The van der Waals surface area contributed by atoms with Gasteiger partial charge in [0.25, 0.3) is 0 Å². The third-order valence-corrected chi connectivity index (χ3v) is 8.55. The minimum Gasteiger partial charge on any atom is -0.435 e. The molecule has 36 heavy (non-hydrogen) atoms. The number of carbonyl (C=O) groups excluding carboxylic acids is 2. The summed E-state index contributed by atoms with van der Waals surface area (Å²) in [5.74, 6) is -1.27. The molecule has 1 saturated carbocycles. The van der Waals surface area contributed by atoms with Crippen LogP contribution in [0.5, 0.6) is 0 Å². The standard InChI is InChI=1S/C27H36FNO7/c1-16-4-9-21-17(2)24(33-25-27(21)20(16)12-14-26(3,34-25)35-36-27)32-23(31)11-10-22(30)29-15-13-18-5-7-19(28)8-6-18/h5-8,16-17,20-21,24-25H,4,9-15H2,1-3H3,(H,29,30)/t16-,17-,20+,21+,24-,25-,26-,27-/m1/s1. The van der Waals surface area contributed by atoms with E-state index in [1.54, 1.807) is 12.1 Å². The van der Waals surface area contributed by atoms with E-state index >= 15 is 0 Å². The molecule has 1 aromatic carbocycles. The summed E-state index contributed by atoms with van der Waals surface area (Å²) in [6.07, 6.45) is 2.71. The van der Waals surface area contributed by atoms with Crippen molar-refractivity contribution >= 4 is 11.9 Å². The van der Waals surface area contributed by atoms with Crippen LogP contribution in [-0.2, 0) is 40.0 Å². The smallest absolute Gasteiger partial charge is 0.308 e. The lowest BCUT2D eigenvalue weighted by atomic mass is 9.58. The second-order valence-electron chi connectivity index (χ2n) is 11.0. The van der Waals surface area contributed by atoms with E-state index in [0.29, 0.717) is 25.3 Å². The first kappa shape index (κ1) is 25.6. The predicted octanol–water partition coefficient (Wildman–Crippen LogP) is 4.02. The molecule has 4 aliphatic heterocycles. The van der Waals surface area contributed by atoms with Crippen molar-refractivity contribution in [1.82, 2.24) is 5.32 Å². The summed E-state index contributed by atoms with van der Waals surface area (Å²) < 4.78 is 31.3. The van der Waals surface area contributed by atoms with E-state index < -0.39 is 29.9 Å². The molecule has 4 heterocycles. The van der Waals surface area contributed by atoms with Crippen LogP contribution < -0.4 is 5.32 Å². The Morgan fingerprint density at radius 2 is 1.86 bits per heavy atom. The number of hydrogen-bond donors (Lipinski definition) is 1. The van der Waals surface area contributed by atoms with E-state index in [-0.39, 0.29) is 42.3 Å². The van der Waals surface area contributed by atoms with Crippen LogP contribution in [0.4, 0.5) is 4.39 Å². The highest BCUT2D eigenvalue weighted by atomic mass is 19.1. The Morgan fingerprint density at radius 1 is 1.08 bits per heavy atom. The molecule has 1 N–H and O–H groups in total. The van der Waals surface area contributed by atoms with E-state index in [9.17, 15) is 14.0 Å². The Kier molecular flexibility index (Phi) is 7.11. The van der Waals surface area contributed by atoms with Gasteiger partial charge in [0.05, 0.1) is 6.42 Å². The number of carbonyl (C=O) groups is 2. The quantitative estimate of drug-likeness (QED) is 0.442. The van der Waals surface area contributed by atoms with Crippen LogP contribution >= 0.6 is 0 Å². The van der Waals surface area contributed by atoms with Crippen LogP contribution in [0.15, 0.2) is 24.3 Å². The number of fused-ring (bicyclic) bond motifs is 2. The minimum atomic E-state index is -0.890. The fourth-order valence-corrected chi connectivity index (χ4v) is 6.50. The van der Waals surface area contributed by atoms with Crippen LogP contribution in [-0.4, -0.2) is 42.4 Å². The highest BCUT2D eigenvalue weighted by Crippen LogP contribution is 2.60. The predicted molar refractivity (Wildman–Crippen MR) is 125 cm³/mol. The van der Waals surface area contributed by atoms with Crippen molar-refractivity contribution in [1.29, 1.82) is 0 Å². The zero-order valence-electron chi connectivity index (χ0n) is 21.2. The van der Waals surface area contributed by atoms with Crippen LogP contribution in [0.1, 0.15) is 64.9 Å². The molecule has 6 rings (SSSR count). The number of esters is 1. The van der Waals surface area contributed by atoms with Gasteiger partial charge in [-0.25, -0.2) is 14.2 Å². The molecule has 1 amide bonds. The van der Waals surface area contributed by atoms with Gasteiger partial charge < -0.3 is 19.5 Å². The van der Waals surface area contributed by atoms with Gasteiger partial charge in [-0.05, 0) is 62.1 Å². The van der Waals surface area contributed by atoms with Gasteiger partial charge in [-0.15, -0.1) is 0 Å². The van der Waals surface area contributed by atoms with Crippen molar-refractivity contribution in [3.63, 3.8) is 0 Å². The summed E-state index contributed by atoms with van der Waals surface area (Å²) in [6, 6.07) is 6.15. The summed E-state index contributed by atoms with van der Waals surface area (Å²) in [4.78, 5) is 36.8. The number of amides is 1. The van der Waals surface area contributed by atoms with E-state index in [0.717, 1.165) is 24.8 Å². The fourth-order valence-electron chi connectivity index (χ4n) is 6.50. The van der Waals surface area contributed by atoms with Crippen molar-refractivity contribution in [2.24, 2.45) is 23.7 Å². The molecule has 9 heteroatoms. The molecule has 198 valence electrons. The monoisotopic (exact) mass is 505 g/mol. The molecule has 2 bridgehead atoms. The minimum absolute atomic E-state index is 0.0191. The van der Waals surface area contributed by atoms with Crippen LogP contribution in [0.25, 0.3) is 0 Å². The van der Waals surface area contributed by atoms with Gasteiger partial charge in [-0.2, -0.15) is 0 Å². The molecule has 1 aliphatic carbocycles. The molecule has 5 aliphatic rings. The van der Waals surface area contributed by atoms with Gasteiger partial charge in [0.15, 0.2) is 11.9 Å². The Balaban J connectivity index is 1.15. The number of halogens is 1. The second-order valence-corrected chi connectivity index (χ2v) is 11.0. The highest BCUT2D eigenvalue weighted by Gasteiger charge is 2.69. The normalized spacial score (nSPS) is 39.1. The molecule has 8 atom stereocenters. The van der Waals surface area contributed by atoms with Crippen molar-refractivity contribution in [2.75, 3.05) is 6.54 Å². The summed E-state index contributed by atoms with van der Waals surface area (Å²) in [5.41, 5.74) is 0.217. The zero-order valence-corrected chi connectivity index (χ0v) is 21.2. The highest BCUT2D eigenvalue weighted by molar-refractivity contribution is 5.81. The summed E-state index contributed by atoms with van der Waals surface area (Å²) in [7, 11) is 0. The first-order chi connectivity index (χ1) is 17.2. The summed E-state index contributed by atoms with van der Waals surface area (Å²) >= 11 is 0. The fraction of sp³-hybridized carbons (Fsp3) is 0.704. The average molecular weight is 506 g/mol. The third-order valence-electron chi connectivity index (χ3n) is 8.55. The molecular formula is C27H36FNO7. The lowest BCUT2D eigenvalue weighted by molar-refractivity contribution is -0.576.